The first-order valence-electron chi connectivity index (χ1n) is 9.83. The van der Waals surface area contributed by atoms with Crippen LogP contribution >= 0.6 is 0 Å². The molecule has 160 valence electrons. The highest BCUT2D eigenvalue weighted by Gasteiger charge is 2.27. The molecule has 0 saturated carbocycles. The lowest BCUT2D eigenvalue weighted by Crippen LogP contribution is -2.46. The maximum atomic E-state index is 12.9. The topological polar surface area (TPSA) is 124 Å². The third kappa shape index (κ3) is 3.59. The SMILES string of the molecule is CCCn1c(=O)[nH]c2nc(-c3ccc(S(=O)(=O)N4CCN(C)CC4)cc3)[nH]c2c1=O. The molecule has 3 heterocycles. The molecule has 2 N–H and O–H groups in total. The number of H-pyrrole nitrogens is 2. The second kappa shape index (κ2) is 7.82. The lowest BCUT2D eigenvalue weighted by Gasteiger charge is -2.31. The summed E-state index contributed by atoms with van der Waals surface area (Å²) in [4.78, 5) is 36.8. The molecule has 0 bridgehead atoms. The van der Waals surface area contributed by atoms with Crippen molar-refractivity contribution in [3.63, 3.8) is 0 Å². The van der Waals surface area contributed by atoms with Crippen LogP contribution in [0.4, 0.5) is 0 Å². The van der Waals surface area contributed by atoms with Gasteiger partial charge in [0.05, 0.1) is 4.90 Å². The summed E-state index contributed by atoms with van der Waals surface area (Å²) in [6.45, 7) is 4.51. The molecule has 0 atom stereocenters. The lowest BCUT2D eigenvalue weighted by molar-refractivity contribution is 0.222. The van der Waals surface area contributed by atoms with Gasteiger partial charge >= 0.3 is 5.69 Å². The van der Waals surface area contributed by atoms with Gasteiger partial charge in [-0.05, 0) is 37.7 Å². The number of aromatic amines is 2. The number of nitrogens with zero attached hydrogens (tertiary/aromatic N) is 4. The van der Waals surface area contributed by atoms with E-state index in [1.165, 1.54) is 16.4 Å². The summed E-state index contributed by atoms with van der Waals surface area (Å²) in [7, 11) is -1.59. The van der Waals surface area contributed by atoms with E-state index in [2.05, 4.69) is 19.9 Å². The Morgan fingerprint density at radius 1 is 1.03 bits per heavy atom. The molecule has 0 aliphatic carbocycles. The molecule has 1 aliphatic heterocycles. The van der Waals surface area contributed by atoms with Crippen molar-refractivity contribution in [3.8, 4) is 11.4 Å². The number of hydrogen-bond acceptors (Lipinski definition) is 6. The van der Waals surface area contributed by atoms with E-state index in [1.54, 1.807) is 12.1 Å². The molecule has 2 aromatic heterocycles. The van der Waals surface area contributed by atoms with Crippen molar-refractivity contribution in [1.29, 1.82) is 0 Å². The number of piperazine rings is 1. The van der Waals surface area contributed by atoms with Crippen LogP contribution in [0.3, 0.4) is 0 Å². The fraction of sp³-hybridized carbons (Fsp3) is 0.421. The maximum absolute atomic E-state index is 12.9. The third-order valence-corrected chi connectivity index (χ3v) is 7.22. The van der Waals surface area contributed by atoms with E-state index in [-0.39, 0.29) is 16.1 Å². The fourth-order valence-corrected chi connectivity index (χ4v) is 4.96. The summed E-state index contributed by atoms with van der Waals surface area (Å²) in [6, 6.07) is 6.36. The fourth-order valence-electron chi connectivity index (χ4n) is 3.54. The molecule has 4 rings (SSSR count). The number of hydrogen-bond donors (Lipinski definition) is 2. The molecular weight excluding hydrogens is 408 g/mol. The molecule has 0 radical (unpaired) electrons. The predicted octanol–water partition coefficient (Wildman–Crippen LogP) is 0.426. The van der Waals surface area contributed by atoms with E-state index in [4.69, 9.17) is 0 Å². The Bertz CT molecular complexity index is 1280. The number of nitrogens with one attached hydrogen (secondary N) is 2. The van der Waals surface area contributed by atoms with Crippen LogP contribution in [0.2, 0.25) is 0 Å². The first kappa shape index (κ1) is 20.5. The lowest BCUT2D eigenvalue weighted by atomic mass is 10.2. The number of benzene rings is 1. The summed E-state index contributed by atoms with van der Waals surface area (Å²) in [5, 5.41) is 0. The highest BCUT2D eigenvalue weighted by Crippen LogP contribution is 2.22. The first-order chi connectivity index (χ1) is 14.3. The number of rotatable bonds is 5. The summed E-state index contributed by atoms with van der Waals surface area (Å²) in [6.07, 6.45) is 0.652. The van der Waals surface area contributed by atoms with Gasteiger partial charge in [-0.2, -0.15) is 4.31 Å². The summed E-state index contributed by atoms with van der Waals surface area (Å²) in [5.41, 5.74) is 0.0872. The van der Waals surface area contributed by atoms with E-state index in [9.17, 15) is 18.0 Å². The van der Waals surface area contributed by atoms with Crippen LogP contribution in [-0.4, -0.2) is 70.4 Å². The molecule has 1 aliphatic rings. The molecule has 11 heteroatoms. The molecular formula is C19H24N6O4S. The third-order valence-electron chi connectivity index (χ3n) is 5.31. The average Bonchev–Trinajstić information content (AvgIpc) is 3.16. The van der Waals surface area contributed by atoms with E-state index < -0.39 is 21.3 Å². The monoisotopic (exact) mass is 432 g/mol. The summed E-state index contributed by atoms with van der Waals surface area (Å²) >= 11 is 0. The van der Waals surface area contributed by atoms with Crippen LogP contribution in [0.15, 0.2) is 38.8 Å². The Hall–Kier alpha value is -2.76. The zero-order valence-corrected chi connectivity index (χ0v) is 17.7. The molecule has 0 spiro atoms. The molecule has 3 aromatic rings. The van der Waals surface area contributed by atoms with Gasteiger partial charge in [0.1, 0.15) is 11.3 Å². The van der Waals surface area contributed by atoms with Crippen LogP contribution in [0.5, 0.6) is 0 Å². The zero-order valence-electron chi connectivity index (χ0n) is 16.9. The van der Waals surface area contributed by atoms with Crippen LogP contribution in [0.25, 0.3) is 22.6 Å². The highest BCUT2D eigenvalue weighted by molar-refractivity contribution is 7.89. The minimum absolute atomic E-state index is 0.182. The minimum atomic E-state index is -3.56. The first-order valence-corrected chi connectivity index (χ1v) is 11.3. The molecule has 0 amide bonds. The Labute approximate surface area is 173 Å². The van der Waals surface area contributed by atoms with Crippen molar-refractivity contribution in [2.24, 2.45) is 0 Å². The van der Waals surface area contributed by atoms with Gasteiger partial charge in [-0.3, -0.25) is 14.3 Å². The molecule has 1 saturated heterocycles. The number of likely N-dealkylation sites (N-methyl/N-ethyl adjacent to an activating group) is 1. The molecule has 10 nitrogen and oxygen atoms in total. The summed E-state index contributed by atoms with van der Waals surface area (Å²) < 4.78 is 28.4. The molecule has 30 heavy (non-hydrogen) atoms. The second-order valence-corrected chi connectivity index (χ2v) is 9.37. The van der Waals surface area contributed by atoms with Gasteiger partial charge in [0, 0.05) is 38.3 Å². The quantitative estimate of drug-likeness (QED) is 0.602. The molecule has 1 fully saturated rings. The van der Waals surface area contributed by atoms with Crippen molar-refractivity contribution in [3.05, 3.63) is 45.1 Å². The minimum Gasteiger partial charge on any atom is -0.332 e. The van der Waals surface area contributed by atoms with Gasteiger partial charge in [0.25, 0.3) is 5.56 Å². The van der Waals surface area contributed by atoms with Gasteiger partial charge in [-0.25, -0.2) is 18.2 Å². The number of aromatic nitrogens is 4. The molecule has 1 aromatic carbocycles. The Kier molecular flexibility index (Phi) is 5.35. The smallest absolute Gasteiger partial charge is 0.330 e. The Balaban J connectivity index is 1.66. The number of fused-ring (bicyclic) bond motifs is 1. The Morgan fingerprint density at radius 3 is 2.33 bits per heavy atom. The Morgan fingerprint density at radius 2 is 1.70 bits per heavy atom. The zero-order chi connectivity index (χ0) is 21.5. The van der Waals surface area contributed by atoms with Crippen LogP contribution in [0, 0.1) is 0 Å². The van der Waals surface area contributed by atoms with Crippen LogP contribution < -0.4 is 11.2 Å². The number of imidazole rings is 1. The number of sulfonamides is 1. The standard InChI is InChI=1S/C19H24N6O4S/c1-3-8-25-18(26)15-17(22-19(25)27)21-16(20-15)13-4-6-14(7-5-13)30(28,29)24-11-9-23(2)10-12-24/h4-7H,3,8-12H2,1-2H3,(H,20,21)(H,22,27). The highest BCUT2D eigenvalue weighted by atomic mass is 32.2. The second-order valence-electron chi connectivity index (χ2n) is 7.43. The van der Waals surface area contributed by atoms with Gasteiger partial charge in [-0.1, -0.05) is 6.92 Å². The van der Waals surface area contributed by atoms with Gasteiger partial charge in [-0.15, -0.1) is 0 Å². The predicted molar refractivity (Wildman–Crippen MR) is 113 cm³/mol. The van der Waals surface area contributed by atoms with Gasteiger partial charge in [0.2, 0.25) is 10.0 Å². The van der Waals surface area contributed by atoms with E-state index in [0.717, 1.165) is 4.57 Å². The van der Waals surface area contributed by atoms with Crippen molar-refractivity contribution in [2.75, 3.05) is 33.2 Å². The normalized spacial score (nSPS) is 16.3. The van der Waals surface area contributed by atoms with Crippen LogP contribution in [0.1, 0.15) is 13.3 Å². The van der Waals surface area contributed by atoms with Crippen molar-refractivity contribution < 1.29 is 8.42 Å². The van der Waals surface area contributed by atoms with E-state index in [1.807, 2.05) is 14.0 Å². The summed E-state index contributed by atoms with van der Waals surface area (Å²) in [5.74, 6) is 0.385. The maximum Gasteiger partial charge on any atom is 0.330 e. The largest absolute Gasteiger partial charge is 0.332 e. The van der Waals surface area contributed by atoms with Gasteiger partial charge in [0.15, 0.2) is 5.65 Å². The van der Waals surface area contributed by atoms with E-state index >= 15 is 0 Å². The van der Waals surface area contributed by atoms with Gasteiger partial charge < -0.3 is 9.88 Å². The van der Waals surface area contributed by atoms with E-state index in [0.29, 0.717) is 50.5 Å². The van der Waals surface area contributed by atoms with Crippen molar-refractivity contribution in [2.45, 2.75) is 24.8 Å². The van der Waals surface area contributed by atoms with Crippen LogP contribution in [-0.2, 0) is 16.6 Å². The van der Waals surface area contributed by atoms with Crippen molar-refractivity contribution in [1.82, 2.24) is 28.7 Å². The molecule has 0 unspecified atom stereocenters. The average molecular weight is 433 g/mol. The van der Waals surface area contributed by atoms with Crippen molar-refractivity contribution >= 4 is 21.2 Å².